The largest absolute Gasteiger partial charge is 0.454 e. The minimum Gasteiger partial charge on any atom is -0.454 e. The van der Waals surface area contributed by atoms with Crippen LogP contribution in [0, 0.1) is 11.3 Å². The molecular formula is C37H67NO2. The van der Waals surface area contributed by atoms with Gasteiger partial charge in [0.05, 0.1) is 0 Å². The van der Waals surface area contributed by atoms with Crippen LogP contribution >= 0.6 is 0 Å². The van der Waals surface area contributed by atoms with Crippen LogP contribution in [0.15, 0.2) is 85.2 Å². The summed E-state index contributed by atoms with van der Waals surface area (Å²) in [7, 11) is 0. The van der Waals surface area contributed by atoms with Gasteiger partial charge in [0.1, 0.15) is 0 Å². The molecule has 1 aliphatic rings. The lowest BCUT2D eigenvalue weighted by Crippen LogP contribution is -1.93. The van der Waals surface area contributed by atoms with Crippen molar-refractivity contribution in [1.82, 2.24) is 4.98 Å². The third-order valence-electron chi connectivity index (χ3n) is 3.31. The van der Waals surface area contributed by atoms with Crippen LogP contribution in [0.25, 0.3) is 0 Å². The van der Waals surface area contributed by atoms with Crippen LogP contribution in [0.2, 0.25) is 0 Å². The Morgan fingerprint density at radius 2 is 0.875 bits per heavy atom. The summed E-state index contributed by atoms with van der Waals surface area (Å²) in [6.07, 6.45) is 3.50. The first-order chi connectivity index (χ1) is 18.5. The summed E-state index contributed by atoms with van der Waals surface area (Å²) >= 11 is 0. The molecular weight excluding hydrogens is 490 g/mol. The summed E-state index contributed by atoms with van der Waals surface area (Å²) in [4.78, 5) is 3.78. The quantitative estimate of drug-likeness (QED) is 0.298. The van der Waals surface area contributed by atoms with Gasteiger partial charge in [-0.15, -0.1) is 0 Å². The third kappa shape index (κ3) is 39.7. The van der Waals surface area contributed by atoms with Gasteiger partial charge < -0.3 is 9.47 Å². The Morgan fingerprint density at radius 3 is 1.10 bits per heavy atom. The van der Waals surface area contributed by atoms with Gasteiger partial charge in [-0.05, 0) is 47.1 Å². The highest BCUT2D eigenvalue weighted by molar-refractivity contribution is 5.40. The van der Waals surface area contributed by atoms with E-state index in [4.69, 9.17) is 9.47 Å². The van der Waals surface area contributed by atoms with Crippen LogP contribution in [-0.2, 0) is 0 Å². The van der Waals surface area contributed by atoms with Gasteiger partial charge in [-0.1, -0.05) is 160 Å². The minimum atomic E-state index is 0. The number of hydrogen-bond donors (Lipinski definition) is 0. The lowest BCUT2D eigenvalue weighted by Gasteiger charge is -2.05. The zero-order chi connectivity index (χ0) is 31.1. The fourth-order valence-corrected chi connectivity index (χ4v) is 2.00. The molecule has 232 valence electrons. The monoisotopic (exact) mass is 558 g/mol. The average molecular weight is 558 g/mol. The van der Waals surface area contributed by atoms with Crippen LogP contribution in [-0.4, -0.2) is 11.8 Å². The number of aromatic nitrogens is 1. The molecule has 1 aromatic heterocycles. The van der Waals surface area contributed by atoms with E-state index in [0.717, 1.165) is 17.4 Å². The van der Waals surface area contributed by atoms with Crippen molar-refractivity contribution in [3.8, 4) is 11.5 Å². The Hall–Kier alpha value is -2.81. The summed E-state index contributed by atoms with van der Waals surface area (Å²) in [6.45, 7) is 32.0. The summed E-state index contributed by atoms with van der Waals surface area (Å²) in [5, 5.41) is 0. The maximum Gasteiger partial charge on any atom is 0.231 e. The van der Waals surface area contributed by atoms with Gasteiger partial charge >= 0.3 is 0 Å². The highest BCUT2D eigenvalue weighted by atomic mass is 16.7. The lowest BCUT2D eigenvalue weighted by atomic mass is 10.0. The van der Waals surface area contributed by atoms with Crippen LogP contribution in [0.4, 0.5) is 0 Å². The summed E-state index contributed by atoms with van der Waals surface area (Å²) in [6, 6.07) is 23.9. The Morgan fingerprint density at radius 1 is 0.575 bits per heavy atom. The fourth-order valence-electron chi connectivity index (χ4n) is 2.00. The Labute approximate surface area is 251 Å². The smallest absolute Gasteiger partial charge is 0.231 e. The Bertz CT molecular complexity index is 752. The Balaban J connectivity index is -0.000000124. The van der Waals surface area contributed by atoms with Gasteiger partial charge in [0, 0.05) is 12.4 Å². The van der Waals surface area contributed by atoms with Crippen molar-refractivity contribution in [3.63, 3.8) is 0 Å². The number of rotatable bonds is 1. The molecule has 0 atom stereocenters. The second-order valence-corrected chi connectivity index (χ2v) is 10.2. The number of pyridine rings is 1. The maximum absolute atomic E-state index is 5.08. The molecule has 3 heteroatoms. The van der Waals surface area contributed by atoms with E-state index in [0.29, 0.717) is 18.1 Å². The zero-order valence-corrected chi connectivity index (χ0v) is 28.2. The molecule has 1 aliphatic heterocycles. The van der Waals surface area contributed by atoms with E-state index < -0.39 is 0 Å². The van der Waals surface area contributed by atoms with Crippen LogP contribution < -0.4 is 9.47 Å². The molecule has 0 saturated heterocycles. The van der Waals surface area contributed by atoms with Crippen LogP contribution in [0.3, 0.4) is 0 Å². The molecule has 3 aromatic rings. The maximum atomic E-state index is 5.08. The molecule has 0 amide bonds. The summed E-state index contributed by atoms with van der Waals surface area (Å²) in [5.74, 6) is 3.18. The Kier molecular flexibility index (Phi) is 40.2. The van der Waals surface area contributed by atoms with E-state index in [1.165, 1.54) is 5.56 Å². The molecule has 0 N–H and O–H groups in total. The van der Waals surface area contributed by atoms with Gasteiger partial charge in [0.15, 0.2) is 11.5 Å². The van der Waals surface area contributed by atoms with Crippen molar-refractivity contribution in [2.45, 2.75) is 117 Å². The molecule has 0 spiro atoms. The van der Waals surface area contributed by atoms with Crippen molar-refractivity contribution >= 4 is 0 Å². The van der Waals surface area contributed by atoms with Crippen molar-refractivity contribution in [2.24, 2.45) is 11.3 Å². The number of ether oxygens (including phenoxy) is 2. The number of nitrogens with zero attached hydrogens (tertiary/aromatic N) is 1. The molecule has 40 heavy (non-hydrogen) atoms. The van der Waals surface area contributed by atoms with E-state index in [1.54, 1.807) is 12.4 Å². The lowest BCUT2D eigenvalue weighted by molar-refractivity contribution is 0.174. The zero-order valence-electron chi connectivity index (χ0n) is 28.2. The number of hydrogen-bond acceptors (Lipinski definition) is 3. The molecule has 0 bridgehead atoms. The molecule has 2 aromatic carbocycles. The standard InChI is InChI=1S/C9H12.C7H6O2.C5H5N.C5H12.C4H10.3C2H6.CH4/c1-8(2)9-6-4-3-5-7-9;1-2-4-7-6(3-1)8-5-9-7;1-2-4-6-5-3-1;1-5(2,3)4;1-4(2)3;3*1-2;/h3-8H,1-2H3;1-4H,5H2;1-5H;1-4H3;4H,1-3H3;3*1-2H3;1H4. The highest BCUT2D eigenvalue weighted by Gasteiger charge is 2.09. The molecule has 2 heterocycles. The van der Waals surface area contributed by atoms with Crippen LogP contribution in [0.1, 0.15) is 123 Å². The SMILES string of the molecule is C.CC.CC.CC.CC(C)(C)C.CC(C)C.CC(C)c1ccccc1.c1ccc2c(c1)OCO2.c1ccncc1. The van der Waals surface area contributed by atoms with Crippen LogP contribution in [0.5, 0.6) is 11.5 Å². The molecule has 4 rings (SSSR count). The van der Waals surface area contributed by atoms with Gasteiger partial charge in [-0.25, -0.2) is 0 Å². The van der Waals surface area contributed by atoms with E-state index in [-0.39, 0.29) is 7.43 Å². The molecule has 0 saturated carbocycles. The summed E-state index contributed by atoms with van der Waals surface area (Å²) < 4.78 is 10.2. The molecule has 3 nitrogen and oxygen atoms in total. The number of fused-ring (bicyclic) bond motifs is 1. The number of para-hydroxylation sites is 2. The second-order valence-electron chi connectivity index (χ2n) is 10.2. The van der Waals surface area contributed by atoms with Crippen molar-refractivity contribution in [2.75, 3.05) is 6.79 Å². The van der Waals surface area contributed by atoms with Gasteiger partial charge in [0.2, 0.25) is 6.79 Å². The highest BCUT2D eigenvalue weighted by Crippen LogP contribution is 2.30. The van der Waals surface area contributed by atoms with Crippen molar-refractivity contribution in [3.05, 3.63) is 90.8 Å². The minimum absolute atomic E-state index is 0. The first kappa shape index (κ1) is 47.0. The molecule has 0 radical (unpaired) electrons. The normalized spacial score (nSPS) is 9.43. The van der Waals surface area contributed by atoms with Crippen molar-refractivity contribution in [1.29, 1.82) is 0 Å². The van der Waals surface area contributed by atoms with Gasteiger partial charge in [-0.2, -0.15) is 0 Å². The van der Waals surface area contributed by atoms with Gasteiger partial charge in [0.25, 0.3) is 0 Å². The molecule has 0 aliphatic carbocycles. The predicted octanol–water partition coefficient (Wildman–Crippen LogP) is 12.7. The van der Waals surface area contributed by atoms with E-state index in [2.05, 4.69) is 91.6 Å². The molecule has 0 fully saturated rings. The van der Waals surface area contributed by atoms with E-state index in [9.17, 15) is 0 Å². The second kappa shape index (κ2) is 34.2. The van der Waals surface area contributed by atoms with E-state index in [1.807, 2.05) is 90.1 Å². The number of benzene rings is 2. The fraction of sp³-hybridized carbons (Fsp3) is 0.541. The summed E-state index contributed by atoms with van der Waals surface area (Å²) in [5.41, 5.74) is 1.91. The first-order valence-corrected chi connectivity index (χ1v) is 14.7. The van der Waals surface area contributed by atoms with E-state index >= 15 is 0 Å². The third-order valence-corrected chi connectivity index (χ3v) is 3.31. The predicted molar refractivity (Wildman–Crippen MR) is 184 cm³/mol. The molecule has 0 unspecified atom stereocenters. The average Bonchev–Trinajstić information content (AvgIpc) is 3.42. The van der Waals surface area contributed by atoms with Gasteiger partial charge in [-0.3, -0.25) is 4.98 Å². The topological polar surface area (TPSA) is 31.4 Å². The van der Waals surface area contributed by atoms with Crippen molar-refractivity contribution < 1.29 is 9.47 Å². The first-order valence-electron chi connectivity index (χ1n) is 14.7.